The predicted molar refractivity (Wildman–Crippen MR) is 265 cm³/mol. The number of hydrogen-bond acceptors (Lipinski definition) is 15. The van der Waals surface area contributed by atoms with E-state index in [1.807, 2.05) is 69.7 Å². The van der Waals surface area contributed by atoms with Gasteiger partial charge in [0.05, 0.1) is 59.0 Å². The second-order valence-corrected chi connectivity index (χ2v) is 19.2. The lowest BCUT2D eigenvalue weighted by atomic mass is 9.98. The summed E-state index contributed by atoms with van der Waals surface area (Å²) in [5.74, 6) is 3.81. The van der Waals surface area contributed by atoms with Crippen LogP contribution in [0, 0.1) is 11.4 Å². The molecule has 3 aromatic rings. The monoisotopic (exact) mass is 989 g/mol. The molecule has 0 spiro atoms. The number of esters is 1. The molecule has 71 heavy (non-hydrogen) atoms. The molecular formula is C51H76N10O10+2. The number of likely N-dealkylation sites (N-methyl/N-ethyl adjacent to an activating group) is 1. The van der Waals surface area contributed by atoms with Gasteiger partial charge in [-0.25, -0.2) is 0 Å². The second-order valence-electron chi connectivity index (χ2n) is 19.2. The number of anilines is 1. The highest BCUT2D eigenvalue weighted by Gasteiger charge is 2.38. The number of hydrogen-bond donors (Lipinski definition) is 8. The first kappa shape index (κ1) is 56.4. The topological polar surface area (TPSA) is 286 Å². The van der Waals surface area contributed by atoms with Crippen molar-refractivity contribution in [1.29, 1.82) is 5.53 Å². The molecule has 1 heterocycles. The maximum Gasteiger partial charge on any atom is 0.308 e. The van der Waals surface area contributed by atoms with Gasteiger partial charge in [-0.15, -0.1) is 0 Å². The van der Waals surface area contributed by atoms with Gasteiger partial charge >= 0.3 is 5.97 Å². The molecule has 0 radical (unpaired) electrons. The third-order valence-electron chi connectivity index (χ3n) is 13.0. The minimum atomic E-state index is -1.39. The Hall–Kier alpha value is -5.54. The fourth-order valence-electron chi connectivity index (χ4n) is 8.94. The molecule has 20 nitrogen and oxygen atoms in total. The lowest BCUT2D eigenvalue weighted by Gasteiger charge is -2.36. The van der Waals surface area contributed by atoms with Gasteiger partial charge in [-0.05, 0) is 91.3 Å². The Morgan fingerprint density at radius 2 is 1.52 bits per heavy atom. The summed E-state index contributed by atoms with van der Waals surface area (Å²) in [7, 11) is 5.92. The van der Waals surface area contributed by atoms with Crippen LogP contribution >= 0.6 is 0 Å². The Balaban J connectivity index is 1.03. The molecule has 1 fully saturated rings. The van der Waals surface area contributed by atoms with Gasteiger partial charge in [0.2, 0.25) is 17.2 Å². The van der Waals surface area contributed by atoms with Gasteiger partial charge < -0.3 is 55.2 Å². The number of rotatable bonds is 31. The predicted octanol–water partition coefficient (Wildman–Crippen LogP) is 4.84. The first-order valence-electron chi connectivity index (χ1n) is 24.8. The number of nitrogens with one attached hydrogen (secondary N) is 4. The van der Waals surface area contributed by atoms with E-state index in [1.54, 1.807) is 6.92 Å². The van der Waals surface area contributed by atoms with E-state index >= 15 is 0 Å². The van der Waals surface area contributed by atoms with Crippen molar-refractivity contribution in [1.82, 2.24) is 15.5 Å². The summed E-state index contributed by atoms with van der Waals surface area (Å²) in [6.45, 7) is 3.28. The molecule has 0 saturated carbocycles. The highest BCUT2D eigenvalue weighted by molar-refractivity contribution is 5.94. The van der Waals surface area contributed by atoms with Gasteiger partial charge in [0, 0.05) is 31.0 Å². The number of carbonyl (C=O) groups is 3. The number of quaternary nitrogens is 1. The van der Waals surface area contributed by atoms with E-state index in [2.05, 4.69) is 60.6 Å². The highest BCUT2D eigenvalue weighted by atomic mass is 16.7. The van der Waals surface area contributed by atoms with E-state index in [9.17, 15) is 29.7 Å². The number of aliphatic hydroxyl groups excluding tert-OH is 3. The molecule has 2 amide bonds. The third-order valence-corrected chi connectivity index (χ3v) is 13.0. The summed E-state index contributed by atoms with van der Waals surface area (Å²) in [4.78, 5) is 42.8. The molecule has 1 aliphatic heterocycles. The first-order chi connectivity index (χ1) is 34.2. The fraction of sp³-hybridized carbons (Fsp3) is 0.588. The molecule has 5 rings (SSSR count). The molecule has 0 bridgehead atoms. The van der Waals surface area contributed by atoms with E-state index in [0.717, 1.165) is 40.7 Å². The molecule has 1 saturated heterocycles. The number of unbranched alkanes of at least 4 members (excludes halogenated alkanes) is 3. The summed E-state index contributed by atoms with van der Waals surface area (Å²) in [6, 6.07) is 22.7. The zero-order valence-corrected chi connectivity index (χ0v) is 41.7. The standard InChI is InChI=1S/C51H74N10O10/c1-34(15-9-13-28-55-59-52)49(66)69-33-46-44(62)31-45(63)50(71-46)68-30-26-35-22-24-36(25-23-35)57-48(65)43(61(2,3)4)21-11-12-27-54-47(64)42(20-10-14-29-56-60-53)58-51(67)70-32-41-39-18-7-5-16-37(39)38-17-6-8-19-40(38)41/h5-8,16-19,22-25,34,41-46,50-51,53,58,62-63,67H,9-15,20-21,26-33H2,1-4H3,(H2-2,52,54,55,57,64,65)/p+2/t34?,42-,43-,44-,45+,46+,50+,51?/m0/s1. The van der Waals surface area contributed by atoms with Crippen LogP contribution in [-0.2, 0) is 39.8 Å². The number of amides is 2. The molecule has 3 aromatic carbocycles. The van der Waals surface area contributed by atoms with E-state index < -0.39 is 43.0 Å². The zero-order valence-electron chi connectivity index (χ0n) is 41.7. The SMILES string of the molecule is CC(CCCCN=NN)C(=O)OC[C@H]1O[C@@H](OCCc2ccc(NC(=O)[C@H](CCCCNC(=O)[C@H](CCCCN=[N+]=N)NC(O)OCC3c4ccccc4-c4ccccc43)[N+](C)(C)C)cc2)[C@H](O)C[C@@H]1O. The Bertz CT molecular complexity index is 2160. The fourth-order valence-corrected chi connectivity index (χ4v) is 8.94. The van der Waals surface area contributed by atoms with Crippen LogP contribution in [-0.4, -0.2) is 141 Å². The van der Waals surface area contributed by atoms with Crippen molar-refractivity contribution in [3.63, 3.8) is 0 Å². The van der Waals surface area contributed by atoms with E-state index in [1.165, 1.54) is 0 Å². The van der Waals surface area contributed by atoms with Crippen LogP contribution in [0.3, 0.4) is 0 Å². The van der Waals surface area contributed by atoms with Crippen LogP contribution in [0.4, 0.5) is 5.69 Å². The van der Waals surface area contributed by atoms with Crippen LogP contribution in [0.15, 0.2) is 88.2 Å². The normalized spacial score (nSPS) is 19.5. The van der Waals surface area contributed by atoms with Crippen LogP contribution in [0.2, 0.25) is 0 Å². The molecule has 1 aliphatic carbocycles. The van der Waals surface area contributed by atoms with Crippen LogP contribution in [0.1, 0.15) is 93.7 Å². The highest BCUT2D eigenvalue weighted by Crippen LogP contribution is 2.44. The summed E-state index contributed by atoms with van der Waals surface area (Å²) in [5.41, 5.74) is 13.0. The Kier molecular flexibility index (Phi) is 23.1. The van der Waals surface area contributed by atoms with Crippen molar-refractivity contribution in [2.45, 2.75) is 127 Å². The van der Waals surface area contributed by atoms with Gasteiger partial charge in [-0.1, -0.05) is 79.2 Å². The van der Waals surface area contributed by atoms with Gasteiger partial charge in [-0.3, -0.25) is 19.7 Å². The summed E-state index contributed by atoms with van der Waals surface area (Å²) < 4.78 is 23.5. The molecule has 0 aromatic heterocycles. The second kappa shape index (κ2) is 29.1. The molecule has 9 N–H and O–H groups in total. The minimum absolute atomic E-state index is 0.0100. The maximum atomic E-state index is 13.7. The summed E-state index contributed by atoms with van der Waals surface area (Å²) >= 11 is 0. The average Bonchev–Trinajstić information content (AvgIpc) is 3.67. The molecular weight excluding hydrogens is 913 g/mol. The maximum absolute atomic E-state index is 13.7. The number of carbonyl (C=O) groups excluding carboxylic acids is 3. The van der Waals surface area contributed by atoms with Crippen molar-refractivity contribution >= 4 is 23.5 Å². The molecule has 20 heteroatoms. The quantitative estimate of drug-likeness (QED) is 0.00628. The molecule has 8 atom stereocenters. The Morgan fingerprint density at radius 3 is 2.20 bits per heavy atom. The number of nitrogens with zero attached hydrogens (tertiary/aromatic N) is 5. The minimum Gasteiger partial charge on any atom is -0.463 e. The van der Waals surface area contributed by atoms with Crippen molar-refractivity contribution in [2.75, 3.05) is 65.9 Å². The van der Waals surface area contributed by atoms with Gasteiger partial charge in [0.1, 0.15) is 36.0 Å². The molecule has 388 valence electrons. The van der Waals surface area contributed by atoms with Gasteiger partial charge in [-0.2, -0.15) is 5.11 Å². The lowest BCUT2D eigenvalue weighted by molar-refractivity contribution is -0.886. The largest absolute Gasteiger partial charge is 0.463 e. The summed E-state index contributed by atoms with van der Waals surface area (Å²) in [6.07, 6.45) is 0.803. The van der Waals surface area contributed by atoms with Crippen molar-refractivity contribution in [3.8, 4) is 11.1 Å². The number of nitrogens with two attached hydrogens (primary N) is 1. The summed E-state index contributed by atoms with van der Waals surface area (Å²) in [5, 5.41) is 51.7. The zero-order chi connectivity index (χ0) is 51.2. The lowest BCUT2D eigenvalue weighted by Crippen LogP contribution is -2.52. The smallest absolute Gasteiger partial charge is 0.308 e. The van der Waals surface area contributed by atoms with Crippen LogP contribution in [0.5, 0.6) is 0 Å². The van der Waals surface area contributed by atoms with Crippen LogP contribution in [0.25, 0.3) is 11.1 Å². The van der Waals surface area contributed by atoms with Crippen molar-refractivity contribution < 1.29 is 53.1 Å². The Labute approximate surface area is 416 Å². The number of aliphatic hydroxyl groups is 3. The molecule has 2 aliphatic rings. The Morgan fingerprint density at radius 1 is 0.859 bits per heavy atom. The van der Waals surface area contributed by atoms with E-state index in [-0.39, 0.29) is 55.9 Å². The van der Waals surface area contributed by atoms with Crippen molar-refractivity contribution in [3.05, 3.63) is 89.5 Å². The van der Waals surface area contributed by atoms with E-state index in [0.29, 0.717) is 81.2 Å². The average molecular weight is 989 g/mol. The van der Waals surface area contributed by atoms with Crippen LogP contribution < -0.4 is 26.7 Å². The number of fused-ring (bicyclic) bond motifs is 3. The first-order valence-corrected chi connectivity index (χ1v) is 24.8. The number of ether oxygens (including phenoxy) is 4. The molecule has 2 unspecified atom stereocenters. The third kappa shape index (κ3) is 17.9. The number of benzene rings is 3. The van der Waals surface area contributed by atoms with E-state index in [4.69, 9.17) is 30.3 Å². The van der Waals surface area contributed by atoms with Gasteiger partial charge in [0.25, 0.3) is 5.91 Å². The van der Waals surface area contributed by atoms with Crippen molar-refractivity contribution in [2.24, 2.45) is 27.2 Å². The van der Waals surface area contributed by atoms with Gasteiger partial charge in [0.15, 0.2) is 12.3 Å².